The fourth-order valence-electron chi connectivity index (χ4n) is 2.64. The summed E-state index contributed by atoms with van der Waals surface area (Å²) in [6.45, 7) is 10.5. The lowest BCUT2D eigenvalue weighted by Crippen LogP contribution is -2.72. The molecule has 0 bridgehead atoms. The van der Waals surface area contributed by atoms with Gasteiger partial charge >= 0.3 is 0 Å². The maximum Gasteiger partial charge on any atom is 0.242 e. The molecule has 0 aromatic carbocycles. The maximum atomic E-state index is 12.1. The lowest BCUT2D eigenvalue weighted by Gasteiger charge is -2.62. The van der Waals surface area contributed by atoms with E-state index < -0.39 is 10.0 Å². The van der Waals surface area contributed by atoms with E-state index in [1.807, 2.05) is 0 Å². The third-order valence-corrected chi connectivity index (χ3v) is 6.44. The highest BCUT2D eigenvalue weighted by Crippen LogP contribution is 2.46. The Morgan fingerprint density at radius 2 is 2.00 bits per heavy atom. The molecule has 0 unspecified atom stereocenters. The minimum absolute atomic E-state index is 0. The van der Waals surface area contributed by atoms with E-state index in [-0.39, 0.29) is 46.4 Å². The first-order valence-corrected chi connectivity index (χ1v) is 9.48. The zero-order chi connectivity index (χ0) is 18.0. The summed E-state index contributed by atoms with van der Waals surface area (Å²) in [7, 11) is -1.78. The Hall–Kier alpha value is -0.940. The average Bonchev–Trinajstić information content (AvgIpc) is 2.54. The second-order valence-electron chi connectivity index (χ2n) is 7.09. The van der Waals surface area contributed by atoms with Crippen molar-refractivity contribution in [2.45, 2.75) is 38.1 Å². The van der Waals surface area contributed by atoms with Crippen LogP contribution in [0, 0.1) is 5.41 Å². The SMILES string of the molecule is CN=C(NCCNS(=O)(=O)c1cccnc1)N1CC(C)(C)C1(C)C.I. The van der Waals surface area contributed by atoms with Crippen LogP contribution in [-0.4, -0.2) is 56.5 Å². The van der Waals surface area contributed by atoms with Crippen molar-refractivity contribution in [3.63, 3.8) is 0 Å². The number of rotatable bonds is 5. The Bertz CT molecular complexity index is 704. The van der Waals surface area contributed by atoms with E-state index in [2.05, 4.69) is 52.6 Å². The predicted molar refractivity (Wildman–Crippen MR) is 111 cm³/mol. The minimum atomic E-state index is -3.52. The lowest BCUT2D eigenvalue weighted by molar-refractivity contribution is -0.0666. The summed E-state index contributed by atoms with van der Waals surface area (Å²) in [5.41, 5.74) is 0.219. The number of halogens is 1. The number of guanidine groups is 1. The first-order chi connectivity index (χ1) is 11.1. The molecule has 1 saturated heterocycles. The largest absolute Gasteiger partial charge is 0.355 e. The van der Waals surface area contributed by atoms with E-state index in [1.165, 1.54) is 12.3 Å². The molecule has 0 radical (unpaired) electrons. The third-order valence-electron chi connectivity index (χ3n) is 5.00. The smallest absolute Gasteiger partial charge is 0.242 e. The first kappa shape index (κ1) is 22.1. The van der Waals surface area contributed by atoms with Crippen LogP contribution in [0.15, 0.2) is 34.4 Å². The zero-order valence-electron chi connectivity index (χ0n) is 15.4. The molecule has 0 spiro atoms. The summed E-state index contributed by atoms with van der Waals surface area (Å²) in [6, 6.07) is 3.12. The van der Waals surface area contributed by atoms with Gasteiger partial charge < -0.3 is 10.2 Å². The summed E-state index contributed by atoms with van der Waals surface area (Å²) in [5, 5.41) is 3.22. The van der Waals surface area contributed by atoms with Gasteiger partial charge in [0.05, 0.1) is 0 Å². The molecular weight excluding hydrogens is 453 g/mol. The number of likely N-dealkylation sites (tertiary alicyclic amines) is 1. The molecule has 0 atom stereocenters. The molecule has 1 aromatic rings. The van der Waals surface area contributed by atoms with E-state index in [9.17, 15) is 8.42 Å². The van der Waals surface area contributed by atoms with Crippen LogP contribution in [0.4, 0.5) is 0 Å². The number of hydrogen-bond donors (Lipinski definition) is 2. The number of hydrogen-bond acceptors (Lipinski definition) is 4. The molecule has 25 heavy (non-hydrogen) atoms. The van der Waals surface area contributed by atoms with Crippen molar-refractivity contribution >= 4 is 40.0 Å². The third kappa shape index (κ3) is 4.62. The molecule has 9 heteroatoms. The highest BCUT2D eigenvalue weighted by atomic mass is 127. The van der Waals surface area contributed by atoms with E-state index in [0.29, 0.717) is 6.54 Å². The number of aromatic nitrogens is 1. The molecule has 1 aromatic heterocycles. The van der Waals surface area contributed by atoms with Crippen LogP contribution in [0.2, 0.25) is 0 Å². The van der Waals surface area contributed by atoms with E-state index >= 15 is 0 Å². The Morgan fingerprint density at radius 3 is 2.48 bits per heavy atom. The van der Waals surface area contributed by atoms with Crippen molar-refractivity contribution in [2.75, 3.05) is 26.7 Å². The van der Waals surface area contributed by atoms with Gasteiger partial charge in [-0.15, -0.1) is 24.0 Å². The predicted octanol–water partition coefficient (Wildman–Crippen LogP) is 1.67. The van der Waals surface area contributed by atoms with E-state index in [4.69, 9.17) is 0 Å². The number of nitrogens with zero attached hydrogens (tertiary/aromatic N) is 3. The molecule has 1 aliphatic heterocycles. The summed E-state index contributed by atoms with van der Waals surface area (Å²) >= 11 is 0. The van der Waals surface area contributed by atoms with Gasteiger partial charge in [0.1, 0.15) is 4.90 Å². The van der Waals surface area contributed by atoms with Crippen LogP contribution in [0.5, 0.6) is 0 Å². The van der Waals surface area contributed by atoms with Crippen LogP contribution in [0.3, 0.4) is 0 Å². The van der Waals surface area contributed by atoms with Gasteiger partial charge in [-0.25, -0.2) is 13.1 Å². The second-order valence-corrected chi connectivity index (χ2v) is 8.86. The molecule has 142 valence electrons. The quantitative estimate of drug-likeness (QED) is 0.289. The van der Waals surface area contributed by atoms with E-state index in [0.717, 1.165) is 12.5 Å². The Morgan fingerprint density at radius 1 is 1.32 bits per heavy atom. The second kappa shape index (κ2) is 8.17. The summed E-state index contributed by atoms with van der Waals surface area (Å²) in [5.74, 6) is 0.792. The fraction of sp³-hybridized carbons (Fsp3) is 0.625. The van der Waals surface area contributed by atoms with Gasteiger partial charge in [0.2, 0.25) is 10.0 Å². The highest BCUT2D eigenvalue weighted by Gasteiger charge is 2.53. The van der Waals surface area contributed by atoms with Crippen molar-refractivity contribution in [3.05, 3.63) is 24.5 Å². The molecule has 2 heterocycles. The Kier molecular flexibility index (Phi) is 7.22. The van der Waals surface area contributed by atoms with Crippen LogP contribution in [0.25, 0.3) is 0 Å². The molecule has 1 aliphatic rings. The van der Waals surface area contributed by atoms with Gasteiger partial charge in [-0.2, -0.15) is 0 Å². The summed E-state index contributed by atoms with van der Waals surface area (Å²) < 4.78 is 26.8. The number of nitrogens with one attached hydrogen (secondary N) is 2. The van der Waals surface area contributed by atoms with Crippen molar-refractivity contribution in [1.29, 1.82) is 0 Å². The maximum absolute atomic E-state index is 12.1. The molecule has 0 saturated carbocycles. The van der Waals surface area contributed by atoms with Crippen molar-refractivity contribution in [3.8, 4) is 0 Å². The summed E-state index contributed by atoms with van der Waals surface area (Å²) in [6.07, 6.45) is 2.88. The van der Waals surface area contributed by atoms with Crippen molar-refractivity contribution in [1.82, 2.24) is 19.9 Å². The lowest BCUT2D eigenvalue weighted by atomic mass is 9.65. The normalized spacial score (nSPS) is 18.9. The van der Waals surface area contributed by atoms with Gasteiger partial charge in [0, 0.05) is 50.0 Å². The average molecular weight is 481 g/mol. The standard InChI is InChI=1S/C16H27N5O2S.HI/c1-15(2)12-21(16(15,3)4)14(17-5)19-9-10-20-24(22,23)13-7-6-8-18-11-13;/h6-8,11,20H,9-10,12H2,1-5H3,(H,17,19);1H. The number of sulfonamides is 1. The molecule has 0 amide bonds. The monoisotopic (exact) mass is 481 g/mol. The summed E-state index contributed by atoms with van der Waals surface area (Å²) in [4.78, 5) is 10.5. The molecule has 7 nitrogen and oxygen atoms in total. The van der Waals surface area contributed by atoms with E-state index in [1.54, 1.807) is 19.3 Å². The van der Waals surface area contributed by atoms with Gasteiger partial charge in [-0.05, 0) is 26.0 Å². The molecule has 2 N–H and O–H groups in total. The van der Waals surface area contributed by atoms with Crippen LogP contribution in [0.1, 0.15) is 27.7 Å². The van der Waals surface area contributed by atoms with Crippen LogP contribution < -0.4 is 10.0 Å². The van der Waals surface area contributed by atoms with Gasteiger partial charge in [0.15, 0.2) is 5.96 Å². The Labute approximate surface area is 167 Å². The van der Waals surface area contributed by atoms with Crippen LogP contribution >= 0.6 is 24.0 Å². The molecular formula is C16H28IN5O2S. The number of aliphatic imine (C=N–C) groups is 1. The first-order valence-electron chi connectivity index (χ1n) is 8.00. The Balaban J connectivity index is 0.00000312. The molecule has 0 aliphatic carbocycles. The van der Waals surface area contributed by atoms with Gasteiger partial charge in [0.25, 0.3) is 0 Å². The van der Waals surface area contributed by atoms with Gasteiger partial charge in [-0.1, -0.05) is 13.8 Å². The van der Waals surface area contributed by atoms with Crippen molar-refractivity contribution < 1.29 is 8.42 Å². The highest BCUT2D eigenvalue weighted by molar-refractivity contribution is 14.0. The molecule has 1 fully saturated rings. The van der Waals surface area contributed by atoms with Crippen LogP contribution in [-0.2, 0) is 10.0 Å². The fourth-order valence-corrected chi connectivity index (χ4v) is 3.64. The molecule has 2 rings (SSSR count). The number of pyridine rings is 1. The topological polar surface area (TPSA) is 86.7 Å². The zero-order valence-corrected chi connectivity index (χ0v) is 18.6. The van der Waals surface area contributed by atoms with Gasteiger partial charge in [-0.3, -0.25) is 9.98 Å². The minimum Gasteiger partial charge on any atom is -0.355 e. The van der Waals surface area contributed by atoms with Crippen molar-refractivity contribution in [2.24, 2.45) is 10.4 Å².